The quantitative estimate of drug-likeness (QED) is 0.697. The summed E-state index contributed by atoms with van der Waals surface area (Å²) in [5, 5.41) is 17.3. The van der Waals surface area contributed by atoms with Gasteiger partial charge >= 0.3 is 5.97 Å². The number of amides is 1. The number of fused-ring (bicyclic) bond motifs is 1. The van der Waals surface area contributed by atoms with Gasteiger partial charge in [-0.25, -0.2) is 9.48 Å². The second kappa shape index (κ2) is 5.98. The highest BCUT2D eigenvalue weighted by atomic mass is 35.5. The van der Waals surface area contributed by atoms with Gasteiger partial charge in [0.2, 0.25) is 5.91 Å². The molecule has 2 aromatic heterocycles. The number of anilines is 1. The van der Waals surface area contributed by atoms with Crippen molar-refractivity contribution in [3.63, 3.8) is 0 Å². The molecule has 1 aliphatic rings. The van der Waals surface area contributed by atoms with Crippen molar-refractivity contribution in [3.8, 4) is 5.69 Å². The fraction of sp³-hybridized carbons (Fsp3) is 0.200. The number of carboxylic acid groups (broad SMARTS) is 1. The zero-order valence-electron chi connectivity index (χ0n) is 12.5. The van der Waals surface area contributed by atoms with Gasteiger partial charge in [0.05, 0.1) is 10.7 Å². The van der Waals surface area contributed by atoms with E-state index in [1.54, 1.807) is 18.2 Å². The molecule has 10 heteroatoms. The Labute approximate surface area is 155 Å². The first kappa shape index (κ1) is 16.3. The number of thiazole rings is 1. The molecule has 0 aliphatic heterocycles. The predicted octanol–water partition coefficient (Wildman–Crippen LogP) is 3.84. The maximum atomic E-state index is 11.9. The minimum Gasteiger partial charge on any atom is -0.476 e. The van der Waals surface area contributed by atoms with E-state index < -0.39 is 5.97 Å². The standard InChI is InChI=1S/C15H10Cl2N4O3S/c16-7-3-4-8(17)9(5-7)21-12-11(10(20-21)14(23)24)25-15(18-12)19-13(22)6-1-2-6/h3-6H,1-2H2,(H,23,24)(H,18,19,22). The molecular weight excluding hydrogens is 387 g/mol. The Hall–Kier alpha value is -2.16. The first-order chi connectivity index (χ1) is 11.9. The molecule has 0 unspecified atom stereocenters. The van der Waals surface area contributed by atoms with E-state index in [0.717, 1.165) is 24.2 Å². The molecule has 2 N–H and O–H groups in total. The van der Waals surface area contributed by atoms with Gasteiger partial charge in [0.15, 0.2) is 16.5 Å². The molecule has 0 bridgehead atoms. The first-order valence-corrected chi connectivity index (χ1v) is 8.90. The molecular formula is C15H10Cl2N4O3S. The number of aromatic carboxylic acids is 1. The third-order valence-electron chi connectivity index (χ3n) is 3.74. The Morgan fingerprint density at radius 3 is 2.76 bits per heavy atom. The van der Waals surface area contributed by atoms with Crippen LogP contribution in [-0.4, -0.2) is 31.7 Å². The molecule has 1 amide bonds. The molecule has 0 radical (unpaired) electrons. The average Bonchev–Trinajstić information content (AvgIpc) is 3.24. The summed E-state index contributed by atoms with van der Waals surface area (Å²) in [7, 11) is 0. The van der Waals surface area contributed by atoms with Crippen molar-refractivity contribution in [2.75, 3.05) is 5.32 Å². The summed E-state index contributed by atoms with van der Waals surface area (Å²) in [6.45, 7) is 0. The molecule has 25 heavy (non-hydrogen) atoms. The Bertz CT molecular complexity index is 1030. The van der Waals surface area contributed by atoms with Crippen molar-refractivity contribution in [1.29, 1.82) is 0 Å². The predicted molar refractivity (Wildman–Crippen MR) is 95.1 cm³/mol. The number of nitrogens with one attached hydrogen (secondary N) is 1. The lowest BCUT2D eigenvalue weighted by molar-refractivity contribution is -0.117. The second-order valence-electron chi connectivity index (χ2n) is 5.60. The van der Waals surface area contributed by atoms with Crippen molar-refractivity contribution in [3.05, 3.63) is 33.9 Å². The highest BCUT2D eigenvalue weighted by molar-refractivity contribution is 7.22. The zero-order valence-corrected chi connectivity index (χ0v) is 14.8. The SMILES string of the molecule is O=C(O)c1nn(-c2cc(Cl)ccc2Cl)c2nc(NC(=O)C3CC3)sc12. The van der Waals surface area contributed by atoms with Crippen LogP contribution in [0.15, 0.2) is 18.2 Å². The summed E-state index contributed by atoms with van der Waals surface area (Å²) in [5.41, 5.74) is 0.560. The lowest BCUT2D eigenvalue weighted by Crippen LogP contribution is -2.13. The minimum absolute atomic E-state index is 0.0184. The van der Waals surface area contributed by atoms with E-state index in [-0.39, 0.29) is 17.5 Å². The highest BCUT2D eigenvalue weighted by Gasteiger charge is 2.31. The van der Waals surface area contributed by atoms with E-state index >= 15 is 0 Å². The van der Waals surface area contributed by atoms with E-state index in [0.29, 0.717) is 31.2 Å². The number of rotatable bonds is 4. The van der Waals surface area contributed by atoms with Crippen LogP contribution in [0.5, 0.6) is 0 Å². The van der Waals surface area contributed by atoms with Crippen LogP contribution in [-0.2, 0) is 4.79 Å². The lowest BCUT2D eigenvalue weighted by Gasteiger charge is -2.05. The average molecular weight is 397 g/mol. The van der Waals surface area contributed by atoms with Crippen LogP contribution in [0.1, 0.15) is 23.3 Å². The number of carbonyl (C=O) groups is 2. The molecule has 1 saturated carbocycles. The first-order valence-electron chi connectivity index (χ1n) is 7.33. The van der Waals surface area contributed by atoms with Crippen LogP contribution in [0, 0.1) is 5.92 Å². The van der Waals surface area contributed by atoms with Crippen molar-refractivity contribution in [2.45, 2.75) is 12.8 Å². The number of carboxylic acids is 1. The molecule has 128 valence electrons. The van der Waals surface area contributed by atoms with Gasteiger partial charge in [-0.2, -0.15) is 10.1 Å². The number of nitrogens with zero attached hydrogens (tertiary/aromatic N) is 3. The second-order valence-corrected chi connectivity index (χ2v) is 7.44. The van der Waals surface area contributed by atoms with E-state index in [1.165, 1.54) is 4.68 Å². The van der Waals surface area contributed by atoms with Gasteiger partial charge in [0.1, 0.15) is 4.70 Å². The minimum atomic E-state index is -1.19. The summed E-state index contributed by atoms with van der Waals surface area (Å²) in [4.78, 5) is 27.8. The number of halogens is 2. The fourth-order valence-electron chi connectivity index (χ4n) is 2.37. The molecule has 1 fully saturated rings. The van der Waals surface area contributed by atoms with Crippen LogP contribution in [0.4, 0.5) is 5.13 Å². The monoisotopic (exact) mass is 396 g/mol. The topological polar surface area (TPSA) is 97.1 Å². The van der Waals surface area contributed by atoms with Gasteiger partial charge < -0.3 is 10.4 Å². The van der Waals surface area contributed by atoms with Gasteiger partial charge in [0, 0.05) is 10.9 Å². The molecule has 3 aromatic rings. The van der Waals surface area contributed by atoms with Crippen LogP contribution >= 0.6 is 34.5 Å². The van der Waals surface area contributed by atoms with Crippen molar-refractivity contribution in [1.82, 2.24) is 14.8 Å². The number of carbonyl (C=O) groups excluding carboxylic acids is 1. The van der Waals surface area contributed by atoms with Crippen molar-refractivity contribution < 1.29 is 14.7 Å². The number of hydrogen-bond donors (Lipinski definition) is 2. The van der Waals surface area contributed by atoms with Crippen LogP contribution < -0.4 is 5.32 Å². The number of hydrogen-bond acceptors (Lipinski definition) is 5. The largest absolute Gasteiger partial charge is 0.476 e. The van der Waals surface area contributed by atoms with E-state index in [1.807, 2.05) is 0 Å². The van der Waals surface area contributed by atoms with Gasteiger partial charge in [0.25, 0.3) is 0 Å². The molecule has 4 rings (SSSR count). The zero-order chi connectivity index (χ0) is 17.7. The van der Waals surface area contributed by atoms with Crippen molar-refractivity contribution in [2.24, 2.45) is 5.92 Å². The number of aromatic nitrogens is 3. The van der Waals surface area contributed by atoms with E-state index in [9.17, 15) is 14.7 Å². The summed E-state index contributed by atoms with van der Waals surface area (Å²) in [5.74, 6) is -1.27. The van der Waals surface area contributed by atoms with Gasteiger partial charge in [-0.15, -0.1) is 0 Å². The van der Waals surface area contributed by atoms with Gasteiger partial charge in [-0.1, -0.05) is 34.5 Å². The Morgan fingerprint density at radius 1 is 1.32 bits per heavy atom. The highest BCUT2D eigenvalue weighted by Crippen LogP contribution is 2.35. The van der Waals surface area contributed by atoms with Crippen LogP contribution in [0.3, 0.4) is 0 Å². The fourth-order valence-corrected chi connectivity index (χ4v) is 3.65. The Balaban J connectivity index is 1.85. The summed E-state index contributed by atoms with van der Waals surface area (Å²) >= 11 is 13.3. The van der Waals surface area contributed by atoms with E-state index in [2.05, 4.69) is 15.4 Å². The van der Waals surface area contributed by atoms with Gasteiger partial charge in [-0.05, 0) is 31.0 Å². The molecule has 2 heterocycles. The summed E-state index contributed by atoms with van der Waals surface area (Å²) in [6, 6.07) is 4.79. The van der Waals surface area contributed by atoms with E-state index in [4.69, 9.17) is 23.2 Å². The molecule has 0 spiro atoms. The van der Waals surface area contributed by atoms with Crippen LogP contribution in [0.25, 0.3) is 16.0 Å². The molecule has 1 aliphatic carbocycles. The normalized spacial score (nSPS) is 14.0. The van der Waals surface area contributed by atoms with Crippen molar-refractivity contribution >= 4 is 61.9 Å². The molecule has 7 nitrogen and oxygen atoms in total. The lowest BCUT2D eigenvalue weighted by atomic mass is 10.3. The third kappa shape index (κ3) is 2.97. The maximum absolute atomic E-state index is 11.9. The number of benzene rings is 1. The van der Waals surface area contributed by atoms with Gasteiger partial charge in [-0.3, -0.25) is 4.79 Å². The Morgan fingerprint density at radius 2 is 2.08 bits per heavy atom. The molecule has 0 saturated heterocycles. The smallest absolute Gasteiger partial charge is 0.358 e. The third-order valence-corrected chi connectivity index (χ3v) is 5.26. The molecule has 1 aromatic carbocycles. The summed E-state index contributed by atoms with van der Waals surface area (Å²) < 4.78 is 1.69. The molecule has 0 atom stereocenters. The Kier molecular flexibility index (Phi) is 3.90. The summed E-state index contributed by atoms with van der Waals surface area (Å²) in [6.07, 6.45) is 1.73. The maximum Gasteiger partial charge on any atom is 0.358 e. The van der Waals surface area contributed by atoms with Crippen LogP contribution in [0.2, 0.25) is 10.0 Å².